The van der Waals surface area contributed by atoms with Crippen molar-refractivity contribution in [3.8, 4) is 22.3 Å². The highest BCUT2D eigenvalue weighted by molar-refractivity contribution is 6.66. The van der Waals surface area contributed by atoms with Crippen LogP contribution in [0, 0.1) is 13.1 Å². The lowest BCUT2D eigenvalue weighted by molar-refractivity contribution is -0.127. The second-order valence-corrected chi connectivity index (χ2v) is 17.5. The average Bonchev–Trinajstić information content (AvgIpc) is 3.36. The highest BCUT2D eigenvalue weighted by atomic mass is 35.5. The summed E-state index contributed by atoms with van der Waals surface area (Å²) < 4.78 is 0. The molecule has 2 atom stereocenters. The van der Waals surface area contributed by atoms with E-state index in [1.165, 1.54) is 36.9 Å². The Balaban J connectivity index is 0.000000242. The number of carbonyl (C=O) groups is 2. The molecule has 2 aliphatic heterocycles. The minimum absolute atomic E-state index is 0. The number of benzene rings is 4. The Hall–Kier alpha value is -5.54. The lowest BCUT2D eigenvalue weighted by Gasteiger charge is -2.35. The zero-order chi connectivity index (χ0) is 49.3. The van der Waals surface area contributed by atoms with E-state index in [0.29, 0.717) is 57.6 Å². The zero-order valence-electron chi connectivity index (χ0n) is 38.5. The summed E-state index contributed by atoms with van der Waals surface area (Å²) in [5.74, 6) is 1.35. The van der Waals surface area contributed by atoms with Gasteiger partial charge in [-0.1, -0.05) is 105 Å². The number of amides is 1. The first-order chi connectivity index (χ1) is 32.8. The van der Waals surface area contributed by atoms with Gasteiger partial charge in [-0.15, -0.1) is 12.4 Å². The number of piperidine rings is 1. The first-order valence-corrected chi connectivity index (χ1v) is 23.8. The van der Waals surface area contributed by atoms with Crippen LogP contribution >= 0.6 is 70.4 Å². The summed E-state index contributed by atoms with van der Waals surface area (Å²) in [4.78, 5) is 54.7. The fourth-order valence-corrected chi connectivity index (χ4v) is 8.48. The van der Waals surface area contributed by atoms with E-state index in [0.717, 1.165) is 69.8 Å². The van der Waals surface area contributed by atoms with Gasteiger partial charge >= 0.3 is 6.17 Å². The van der Waals surface area contributed by atoms with Crippen molar-refractivity contribution in [1.29, 1.82) is 0 Å². The second kappa shape index (κ2) is 27.6. The molecule has 1 amide bonds. The standard InChI is InChI=1S/C22H17Cl2N5O.C20H16Cl2N4.C6H15N.C3H3ClO.ClH/c1-3-21(30)29-9-8-28(12-20(29)25-2)22-17-10-16(14-4-6-15(23)7-5-14)18(24)11-19(17)26-13-27-22;1-23-15-3-2-8-26(11-15)20-17-9-16(13-4-6-14(21)7-5-13)18(22)10-19(17)24-12-25-20;1-4-7(5-2)6-3;1-2-3(4)5;/h3-7,10-11,13,20H,1,8-9,12H2;4-7,9-10,12,15H,2-3,8,11H2;4-6H2,1-3H3;2H,1H2;1H. The lowest BCUT2D eigenvalue weighted by atomic mass is 10.0. The van der Waals surface area contributed by atoms with Gasteiger partial charge in [0.05, 0.1) is 27.6 Å². The number of rotatable bonds is 9. The number of aromatic nitrogens is 4. The summed E-state index contributed by atoms with van der Waals surface area (Å²) in [6, 6.07) is 22.8. The Kier molecular flexibility index (Phi) is 22.4. The summed E-state index contributed by atoms with van der Waals surface area (Å²) >= 11 is 29.8. The molecule has 2 aliphatic rings. The van der Waals surface area contributed by atoms with Crippen LogP contribution in [0.15, 0.2) is 111 Å². The number of carbonyl (C=O) groups excluding carboxylic acids is 2. The molecule has 12 nitrogen and oxygen atoms in total. The fourth-order valence-electron chi connectivity index (χ4n) is 7.70. The van der Waals surface area contributed by atoms with Crippen LogP contribution in [0.3, 0.4) is 0 Å². The highest BCUT2D eigenvalue weighted by Gasteiger charge is 2.35. The van der Waals surface area contributed by atoms with Crippen LogP contribution < -0.4 is 9.80 Å². The SMILES string of the molecule is C=CC(=O)Cl.CCN(CC)CC.Cl.[C-]#[N+]C1CCCN(c2ncnc3cc(Cl)c(-c4ccc(Cl)cc4)cc23)C1.[C-]#[N+]C1CN(c2ncnc3cc(Cl)c(-c4ccc(Cl)cc4)cc23)CCN1C(=O)C=C. The van der Waals surface area contributed by atoms with E-state index in [9.17, 15) is 9.59 Å². The third kappa shape index (κ3) is 15.0. The van der Waals surface area contributed by atoms with Crippen LogP contribution in [-0.4, -0.2) is 105 Å². The monoisotopic (exact) mass is 1050 g/mol. The number of nitrogens with zero attached hydrogens (tertiary/aromatic N) is 10. The Bertz CT molecular complexity index is 2790. The number of hydrogen-bond donors (Lipinski definition) is 0. The topological polar surface area (TPSA) is 107 Å². The summed E-state index contributed by atoms with van der Waals surface area (Å²) in [7, 11) is 0. The molecule has 0 spiro atoms. The average molecular weight is 1050 g/mol. The third-order valence-corrected chi connectivity index (χ3v) is 12.6. The summed E-state index contributed by atoms with van der Waals surface area (Å²) in [5.41, 5.74) is 5.22. The molecular weight excluding hydrogens is 997 g/mol. The molecule has 2 saturated heterocycles. The number of allylic oxidation sites excluding steroid dienone is 1. The highest BCUT2D eigenvalue weighted by Crippen LogP contribution is 2.37. The molecule has 360 valence electrons. The molecule has 0 radical (unpaired) electrons. The molecule has 0 bridgehead atoms. The minimum atomic E-state index is -0.600. The predicted molar refractivity (Wildman–Crippen MR) is 288 cm³/mol. The van der Waals surface area contributed by atoms with Gasteiger partial charge in [-0.05, 0) is 109 Å². The number of anilines is 2. The molecule has 69 heavy (non-hydrogen) atoms. The van der Waals surface area contributed by atoms with E-state index >= 15 is 0 Å². The maximum atomic E-state index is 12.1. The van der Waals surface area contributed by atoms with E-state index in [1.54, 1.807) is 6.33 Å². The number of halogens is 6. The van der Waals surface area contributed by atoms with Crippen molar-refractivity contribution in [1.82, 2.24) is 29.7 Å². The molecular formula is C51H52Cl6N10O2. The van der Waals surface area contributed by atoms with Gasteiger partial charge in [0.15, 0.2) is 0 Å². The molecule has 18 heteroatoms. The van der Waals surface area contributed by atoms with E-state index in [-0.39, 0.29) is 24.4 Å². The maximum Gasteiger partial charge on any atom is 0.318 e. The quantitative estimate of drug-likeness (QED) is 0.0795. The van der Waals surface area contributed by atoms with E-state index in [2.05, 4.69) is 73.4 Å². The van der Waals surface area contributed by atoms with Crippen LogP contribution in [0.1, 0.15) is 33.6 Å². The first kappa shape index (κ1) is 56.1. The van der Waals surface area contributed by atoms with Crippen LogP contribution in [-0.2, 0) is 9.59 Å². The largest absolute Gasteiger partial charge is 0.348 e. The van der Waals surface area contributed by atoms with Crippen molar-refractivity contribution in [2.45, 2.75) is 45.8 Å². The van der Waals surface area contributed by atoms with Gasteiger partial charge in [-0.2, -0.15) is 0 Å². The van der Waals surface area contributed by atoms with Crippen molar-refractivity contribution in [2.24, 2.45) is 0 Å². The molecule has 0 aliphatic carbocycles. The molecule has 0 N–H and O–H groups in total. The second-order valence-electron chi connectivity index (χ2n) is 15.4. The van der Waals surface area contributed by atoms with Crippen LogP contribution in [0.2, 0.25) is 20.1 Å². The van der Waals surface area contributed by atoms with Crippen molar-refractivity contribution < 1.29 is 9.59 Å². The van der Waals surface area contributed by atoms with Gasteiger partial charge in [0.1, 0.15) is 30.8 Å². The third-order valence-electron chi connectivity index (χ3n) is 11.4. The molecule has 8 rings (SSSR count). The van der Waals surface area contributed by atoms with Crippen LogP contribution in [0.5, 0.6) is 0 Å². The summed E-state index contributed by atoms with van der Waals surface area (Å²) in [6.07, 6.45) is 6.69. The number of piperazine rings is 1. The van der Waals surface area contributed by atoms with Gasteiger partial charge < -0.3 is 19.5 Å². The van der Waals surface area contributed by atoms with Gasteiger partial charge in [0.2, 0.25) is 11.3 Å². The van der Waals surface area contributed by atoms with Gasteiger partial charge in [-0.3, -0.25) is 19.3 Å². The molecule has 2 aromatic heterocycles. The lowest BCUT2D eigenvalue weighted by Crippen LogP contribution is -2.53. The molecule has 4 heterocycles. The van der Waals surface area contributed by atoms with Gasteiger partial charge in [0, 0.05) is 58.0 Å². The van der Waals surface area contributed by atoms with Crippen molar-refractivity contribution in [2.75, 3.05) is 62.2 Å². The smallest absolute Gasteiger partial charge is 0.318 e. The fraction of sp³-hybridized carbons (Fsp3) is 0.294. The van der Waals surface area contributed by atoms with Crippen molar-refractivity contribution in [3.05, 3.63) is 154 Å². The van der Waals surface area contributed by atoms with E-state index < -0.39 is 11.4 Å². The first-order valence-electron chi connectivity index (χ1n) is 21.9. The molecule has 2 unspecified atom stereocenters. The van der Waals surface area contributed by atoms with Crippen LogP contribution in [0.25, 0.3) is 53.7 Å². The normalized spacial score (nSPS) is 15.1. The number of hydrogen-bond acceptors (Lipinski definition) is 9. The van der Waals surface area contributed by atoms with Crippen LogP contribution in [0.4, 0.5) is 11.6 Å². The van der Waals surface area contributed by atoms with Gasteiger partial charge in [0.25, 0.3) is 5.91 Å². The Morgan fingerprint density at radius 1 is 0.696 bits per heavy atom. The molecule has 2 fully saturated rings. The Labute approximate surface area is 435 Å². The Morgan fingerprint density at radius 2 is 1.16 bits per heavy atom. The van der Waals surface area contributed by atoms with E-state index in [1.807, 2.05) is 77.7 Å². The van der Waals surface area contributed by atoms with Crippen molar-refractivity contribution >= 4 is 115 Å². The summed E-state index contributed by atoms with van der Waals surface area (Å²) in [6.45, 7) is 34.5. The van der Waals surface area contributed by atoms with Crippen molar-refractivity contribution in [3.63, 3.8) is 0 Å². The minimum Gasteiger partial charge on any atom is -0.348 e. The van der Waals surface area contributed by atoms with E-state index in [4.69, 9.17) is 71.1 Å². The number of fused-ring (bicyclic) bond motifs is 2. The Morgan fingerprint density at radius 3 is 1.55 bits per heavy atom. The molecule has 4 aromatic carbocycles. The van der Waals surface area contributed by atoms with Gasteiger partial charge in [-0.25, -0.2) is 33.1 Å². The molecule has 6 aromatic rings. The zero-order valence-corrected chi connectivity index (χ0v) is 43.1. The molecule has 0 saturated carbocycles. The summed E-state index contributed by atoms with van der Waals surface area (Å²) in [5, 5.41) is 3.83. The predicted octanol–water partition coefficient (Wildman–Crippen LogP) is 12.9. The maximum absolute atomic E-state index is 12.1.